The molecule has 0 atom stereocenters. The van der Waals surface area contributed by atoms with Crippen molar-refractivity contribution in [2.24, 2.45) is 0 Å². The van der Waals surface area contributed by atoms with E-state index in [1.807, 2.05) is 0 Å². The third-order valence-corrected chi connectivity index (χ3v) is 3.46. The number of fused-ring (bicyclic) bond motifs is 1. The first-order chi connectivity index (χ1) is 9.74. The largest absolute Gasteiger partial charge is 0.358 e. The zero-order valence-electron chi connectivity index (χ0n) is 12.2. The van der Waals surface area contributed by atoms with E-state index < -0.39 is 0 Å². The lowest BCUT2D eigenvalue weighted by molar-refractivity contribution is -0.121. The van der Waals surface area contributed by atoms with Crippen LogP contribution >= 0.6 is 0 Å². The fourth-order valence-electron chi connectivity index (χ4n) is 2.48. The van der Waals surface area contributed by atoms with E-state index in [9.17, 15) is 4.79 Å². The van der Waals surface area contributed by atoms with Crippen molar-refractivity contribution in [1.82, 2.24) is 10.2 Å². The molecule has 0 aliphatic carbocycles. The molecule has 0 aromatic heterocycles. The highest BCUT2D eigenvalue weighted by Crippen LogP contribution is 2.20. The van der Waals surface area contributed by atoms with Crippen molar-refractivity contribution < 1.29 is 4.79 Å². The molecule has 0 aliphatic rings. The van der Waals surface area contributed by atoms with Gasteiger partial charge in [0, 0.05) is 13.6 Å². The minimum Gasteiger partial charge on any atom is -0.358 e. The Morgan fingerprint density at radius 3 is 2.65 bits per heavy atom. The molecule has 0 fully saturated rings. The van der Waals surface area contributed by atoms with Crippen LogP contribution in [0.1, 0.15) is 18.9 Å². The number of rotatable bonds is 6. The van der Waals surface area contributed by atoms with Crippen LogP contribution in [0.15, 0.2) is 42.5 Å². The molecule has 0 unspecified atom stereocenters. The van der Waals surface area contributed by atoms with Crippen LogP contribution in [0.2, 0.25) is 0 Å². The first kappa shape index (κ1) is 14.5. The van der Waals surface area contributed by atoms with Gasteiger partial charge in [-0.15, -0.1) is 0 Å². The maximum absolute atomic E-state index is 11.6. The lowest BCUT2D eigenvalue weighted by atomic mass is 10.0. The van der Waals surface area contributed by atoms with E-state index in [4.69, 9.17) is 0 Å². The predicted molar refractivity (Wildman–Crippen MR) is 83.6 cm³/mol. The summed E-state index contributed by atoms with van der Waals surface area (Å²) >= 11 is 0. The smallest absolute Gasteiger partial charge is 0.233 e. The van der Waals surface area contributed by atoms with Crippen LogP contribution in [0.4, 0.5) is 0 Å². The molecule has 0 spiro atoms. The highest BCUT2D eigenvalue weighted by atomic mass is 16.1. The molecule has 0 saturated carbocycles. The van der Waals surface area contributed by atoms with Crippen molar-refractivity contribution in [3.63, 3.8) is 0 Å². The Kier molecular flexibility index (Phi) is 5.13. The summed E-state index contributed by atoms with van der Waals surface area (Å²) in [5.74, 6) is 0.0682. The second kappa shape index (κ2) is 7.06. The zero-order valence-corrected chi connectivity index (χ0v) is 12.2. The van der Waals surface area contributed by atoms with Gasteiger partial charge in [-0.1, -0.05) is 49.4 Å². The van der Waals surface area contributed by atoms with Gasteiger partial charge in [-0.2, -0.15) is 0 Å². The van der Waals surface area contributed by atoms with E-state index in [0.29, 0.717) is 6.54 Å². The molecule has 2 rings (SSSR count). The monoisotopic (exact) mass is 270 g/mol. The molecule has 0 heterocycles. The van der Waals surface area contributed by atoms with Gasteiger partial charge in [0.15, 0.2) is 0 Å². The number of hydrogen-bond donors (Lipinski definition) is 1. The molecule has 20 heavy (non-hydrogen) atoms. The lowest BCUT2D eigenvalue weighted by Crippen LogP contribution is -2.35. The van der Waals surface area contributed by atoms with E-state index in [-0.39, 0.29) is 5.91 Å². The predicted octanol–water partition coefficient (Wildman–Crippen LogP) is 2.80. The van der Waals surface area contributed by atoms with Gasteiger partial charge in [0.2, 0.25) is 5.91 Å². The molecule has 0 radical (unpaired) electrons. The number of likely N-dealkylation sites (N-methyl/N-ethyl adjacent to an activating group) is 1. The maximum atomic E-state index is 11.6. The summed E-state index contributed by atoms with van der Waals surface area (Å²) in [7, 11) is 1.68. The van der Waals surface area contributed by atoms with Crippen LogP contribution in [-0.4, -0.2) is 30.9 Å². The van der Waals surface area contributed by atoms with Crippen LogP contribution in [0.3, 0.4) is 0 Å². The Labute approximate surface area is 120 Å². The SMILES string of the molecule is CCCN(CC(=O)NC)Cc1cccc2ccccc12. The number of carbonyl (C=O) groups is 1. The molecular formula is C17H22N2O. The summed E-state index contributed by atoms with van der Waals surface area (Å²) in [5.41, 5.74) is 1.28. The highest BCUT2D eigenvalue weighted by Gasteiger charge is 2.11. The summed E-state index contributed by atoms with van der Waals surface area (Å²) in [6.07, 6.45) is 1.04. The van der Waals surface area contributed by atoms with Crippen LogP contribution in [-0.2, 0) is 11.3 Å². The fraction of sp³-hybridized carbons (Fsp3) is 0.353. The molecular weight excluding hydrogens is 248 g/mol. The van der Waals surface area contributed by atoms with E-state index in [2.05, 4.69) is 59.6 Å². The van der Waals surface area contributed by atoms with Gasteiger partial charge in [-0.05, 0) is 29.3 Å². The molecule has 0 bridgehead atoms. The topological polar surface area (TPSA) is 32.3 Å². The number of benzene rings is 2. The number of carbonyl (C=O) groups excluding carboxylic acids is 1. The Bertz CT molecular complexity index is 575. The first-order valence-corrected chi connectivity index (χ1v) is 7.14. The quantitative estimate of drug-likeness (QED) is 0.875. The van der Waals surface area contributed by atoms with Crippen LogP contribution in [0, 0.1) is 0 Å². The van der Waals surface area contributed by atoms with Crippen molar-refractivity contribution in [1.29, 1.82) is 0 Å². The molecule has 0 aliphatic heterocycles. The van der Waals surface area contributed by atoms with Gasteiger partial charge in [0.25, 0.3) is 0 Å². The van der Waals surface area contributed by atoms with Gasteiger partial charge < -0.3 is 5.32 Å². The number of amides is 1. The summed E-state index contributed by atoms with van der Waals surface area (Å²) in [6, 6.07) is 14.8. The summed E-state index contributed by atoms with van der Waals surface area (Å²) in [6.45, 7) is 4.33. The zero-order chi connectivity index (χ0) is 14.4. The molecule has 2 aromatic carbocycles. The van der Waals surface area contributed by atoms with Gasteiger partial charge in [0.1, 0.15) is 0 Å². The van der Waals surface area contributed by atoms with Crippen LogP contribution < -0.4 is 5.32 Å². The highest BCUT2D eigenvalue weighted by molar-refractivity contribution is 5.85. The average molecular weight is 270 g/mol. The van der Waals surface area contributed by atoms with Crippen molar-refractivity contribution in [2.75, 3.05) is 20.1 Å². The van der Waals surface area contributed by atoms with Crippen LogP contribution in [0.25, 0.3) is 10.8 Å². The number of hydrogen-bond acceptors (Lipinski definition) is 2. The van der Waals surface area contributed by atoms with Crippen molar-refractivity contribution in [3.8, 4) is 0 Å². The van der Waals surface area contributed by atoms with Crippen LogP contribution in [0.5, 0.6) is 0 Å². The van der Waals surface area contributed by atoms with Crippen molar-refractivity contribution >= 4 is 16.7 Å². The second-order valence-corrected chi connectivity index (χ2v) is 5.02. The summed E-state index contributed by atoms with van der Waals surface area (Å²) < 4.78 is 0. The fourth-order valence-corrected chi connectivity index (χ4v) is 2.48. The Hall–Kier alpha value is -1.87. The molecule has 3 heteroatoms. The molecule has 2 aromatic rings. The van der Waals surface area contributed by atoms with E-state index >= 15 is 0 Å². The molecule has 1 amide bonds. The third kappa shape index (κ3) is 3.58. The second-order valence-electron chi connectivity index (χ2n) is 5.02. The minimum atomic E-state index is 0.0682. The number of nitrogens with one attached hydrogen (secondary N) is 1. The molecule has 0 saturated heterocycles. The standard InChI is InChI=1S/C17H22N2O/c1-3-11-19(13-17(20)18-2)12-15-9-6-8-14-7-4-5-10-16(14)15/h4-10H,3,11-13H2,1-2H3,(H,18,20). The first-order valence-electron chi connectivity index (χ1n) is 7.14. The van der Waals surface area contributed by atoms with E-state index in [1.54, 1.807) is 7.05 Å². The lowest BCUT2D eigenvalue weighted by Gasteiger charge is -2.21. The Morgan fingerprint density at radius 2 is 1.90 bits per heavy atom. The van der Waals surface area contributed by atoms with Crippen molar-refractivity contribution in [2.45, 2.75) is 19.9 Å². The third-order valence-electron chi connectivity index (χ3n) is 3.46. The van der Waals surface area contributed by atoms with Gasteiger partial charge in [0.05, 0.1) is 6.54 Å². The van der Waals surface area contributed by atoms with Gasteiger partial charge in [-0.3, -0.25) is 9.69 Å². The Balaban J connectivity index is 2.21. The Morgan fingerprint density at radius 1 is 1.15 bits per heavy atom. The maximum Gasteiger partial charge on any atom is 0.233 e. The number of nitrogens with zero attached hydrogens (tertiary/aromatic N) is 1. The van der Waals surface area contributed by atoms with Gasteiger partial charge >= 0.3 is 0 Å². The summed E-state index contributed by atoms with van der Waals surface area (Å²) in [5, 5.41) is 5.22. The van der Waals surface area contributed by atoms with Gasteiger partial charge in [-0.25, -0.2) is 0 Å². The van der Waals surface area contributed by atoms with Crippen molar-refractivity contribution in [3.05, 3.63) is 48.0 Å². The minimum absolute atomic E-state index is 0.0682. The molecule has 106 valence electrons. The van der Waals surface area contributed by atoms with E-state index in [0.717, 1.165) is 19.5 Å². The molecule has 1 N–H and O–H groups in total. The molecule has 3 nitrogen and oxygen atoms in total. The summed E-state index contributed by atoms with van der Waals surface area (Å²) in [4.78, 5) is 13.8. The van der Waals surface area contributed by atoms with E-state index in [1.165, 1.54) is 16.3 Å². The normalized spacial score (nSPS) is 10.9. The average Bonchev–Trinajstić information content (AvgIpc) is 2.47.